The zero-order valence-corrected chi connectivity index (χ0v) is 15.7. The molecule has 1 aliphatic heterocycles. The van der Waals surface area contributed by atoms with Gasteiger partial charge in [-0.2, -0.15) is 0 Å². The normalized spacial score (nSPS) is 16.3. The lowest BCUT2D eigenvalue weighted by Gasteiger charge is -2.38. The maximum absolute atomic E-state index is 12.6. The molecule has 1 heterocycles. The first-order valence-electron chi connectivity index (χ1n) is 9.11. The van der Waals surface area contributed by atoms with Crippen LogP contribution < -0.4 is 10.2 Å². The molecule has 1 amide bonds. The first-order valence-corrected chi connectivity index (χ1v) is 9.11. The number of hydrogen-bond donors (Lipinski definition) is 2. The fourth-order valence-corrected chi connectivity index (χ4v) is 3.44. The lowest BCUT2D eigenvalue weighted by atomic mass is 10.1. The molecule has 138 valence electrons. The summed E-state index contributed by atoms with van der Waals surface area (Å²) in [7, 11) is 0. The van der Waals surface area contributed by atoms with Crippen molar-refractivity contribution in [3.05, 3.63) is 53.6 Å². The van der Waals surface area contributed by atoms with Gasteiger partial charge in [-0.3, -0.25) is 9.69 Å². The van der Waals surface area contributed by atoms with Gasteiger partial charge < -0.3 is 15.3 Å². The van der Waals surface area contributed by atoms with Crippen LogP contribution in [0.4, 0.5) is 11.4 Å². The summed E-state index contributed by atoms with van der Waals surface area (Å²) < 4.78 is 0. The number of carbonyl (C=O) groups excluding carboxylic acids is 1. The van der Waals surface area contributed by atoms with Crippen LogP contribution in [-0.2, 0) is 4.79 Å². The van der Waals surface area contributed by atoms with Gasteiger partial charge in [0.05, 0.1) is 11.7 Å². The molecular weight excluding hydrogens is 326 g/mol. The number of nitrogens with zero attached hydrogens (tertiary/aromatic N) is 2. The number of phenols is 1. The number of aromatic hydroxyl groups is 1. The van der Waals surface area contributed by atoms with Crippen LogP contribution >= 0.6 is 0 Å². The van der Waals surface area contributed by atoms with E-state index in [0.717, 1.165) is 43.1 Å². The third-order valence-corrected chi connectivity index (χ3v) is 5.10. The molecular formula is C21H27N3O2. The Morgan fingerprint density at radius 2 is 1.77 bits per heavy atom. The zero-order valence-electron chi connectivity index (χ0n) is 15.7. The van der Waals surface area contributed by atoms with Gasteiger partial charge in [0, 0.05) is 31.9 Å². The van der Waals surface area contributed by atoms with Crippen molar-refractivity contribution in [2.75, 3.05) is 36.4 Å². The first-order chi connectivity index (χ1) is 12.5. The summed E-state index contributed by atoms with van der Waals surface area (Å²) >= 11 is 0. The number of phenolic OH excluding ortho intramolecular Hbond substituents is 1. The van der Waals surface area contributed by atoms with E-state index >= 15 is 0 Å². The summed E-state index contributed by atoms with van der Waals surface area (Å²) in [6, 6.07) is 13.3. The largest absolute Gasteiger partial charge is 0.506 e. The number of amides is 1. The molecule has 26 heavy (non-hydrogen) atoms. The highest BCUT2D eigenvalue weighted by atomic mass is 16.3. The van der Waals surface area contributed by atoms with E-state index in [0.29, 0.717) is 5.75 Å². The molecule has 1 aliphatic rings. The topological polar surface area (TPSA) is 55.8 Å². The van der Waals surface area contributed by atoms with Gasteiger partial charge in [-0.05, 0) is 44.5 Å². The van der Waals surface area contributed by atoms with Crippen LogP contribution in [0.15, 0.2) is 42.5 Å². The van der Waals surface area contributed by atoms with Crippen molar-refractivity contribution >= 4 is 17.3 Å². The molecule has 0 radical (unpaired) electrons. The SMILES string of the molecule is Cc1ccc(NC(=O)[C@H](C)N2CCN(c3ccccc3O)CC2)c(C)c1. The molecule has 5 nitrogen and oxygen atoms in total. The van der Waals surface area contributed by atoms with Gasteiger partial charge in [-0.1, -0.05) is 29.8 Å². The van der Waals surface area contributed by atoms with E-state index in [9.17, 15) is 9.90 Å². The standard InChI is InChI=1S/C21H27N3O2/c1-15-8-9-18(16(2)14-15)22-21(26)17(3)23-10-12-24(13-11-23)19-6-4-5-7-20(19)25/h4-9,14,17,25H,10-13H2,1-3H3,(H,22,26)/t17-/m0/s1. The number of rotatable bonds is 4. The fourth-order valence-electron chi connectivity index (χ4n) is 3.44. The van der Waals surface area contributed by atoms with Crippen molar-refractivity contribution in [2.24, 2.45) is 0 Å². The highest BCUT2D eigenvalue weighted by Gasteiger charge is 2.26. The second kappa shape index (κ2) is 7.79. The maximum Gasteiger partial charge on any atom is 0.241 e. The van der Waals surface area contributed by atoms with Crippen LogP contribution in [0, 0.1) is 13.8 Å². The predicted octanol–water partition coefficient (Wildman–Crippen LogP) is 3.16. The van der Waals surface area contributed by atoms with Crippen molar-refractivity contribution in [3.63, 3.8) is 0 Å². The number of para-hydroxylation sites is 2. The van der Waals surface area contributed by atoms with E-state index in [4.69, 9.17) is 0 Å². The zero-order chi connectivity index (χ0) is 18.7. The Balaban J connectivity index is 1.58. The summed E-state index contributed by atoms with van der Waals surface area (Å²) in [6.45, 7) is 9.17. The summed E-state index contributed by atoms with van der Waals surface area (Å²) in [5.74, 6) is 0.328. The molecule has 2 aromatic rings. The Hall–Kier alpha value is -2.53. The minimum absolute atomic E-state index is 0.0213. The molecule has 1 atom stereocenters. The molecule has 1 saturated heterocycles. The molecule has 0 bridgehead atoms. The van der Waals surface area contributed by atoms with E-state index < -0.39 is 0 Å². The van der Waals surface area contributed by atoms with E-state index in [1.807, 2.05) is 51.1 Å². The summed E-state index contributed by atoms with van der Waals surface area (Å²) in [4.78, 5) is 17.0. The van der Waals surface area contributed by atoms with Gasteiger partial charge in [0.15, 0.2) is 0 Å². The van der Waals surface area contributed by atoms with Crippen molar-refractivity contribution in [3.8, 4) is 5.75 Å². The number of nitrogens with one attached hydrogen (secondary N) is 1. The van der Waals surface area contributed by atoms with Gasteiger partial charge in [0.25, 0.3) is 0 Å². The average Bonchev–Trinajstić information content (AvgIpc) is 2.64. The molecule has 5 heteroatoms. The van der Waals surface area contributed by atoms with Crippen molar-refractivity contribution < 1.29 is 9.90 Å². The van der Waals surface area contributed by atoms with E-state index in [1.54, 1.807) is 6.07 Å². The monoisotopic (exact) mass is 353 g/mol. The van der Waals surface area contributed by atoms with Gasteiger partial charge >= 0.3 is 0 Å². The van der Waals surface area contributed by atoms with Gasteiger partial charge in [0.2, 0.25) is 5.91 Å². The molecule has 0 saturated carbocycles. The Morgan fingerprint density at radius 1 is 1.08 bits per heavy atom. The summed E-state index contributed by atoms with van der Waals surface area (Å²) in [5.41, 5.74) is 4.00. The lowest BCUT2D eigenvalue weighted by molar-refractivity contribution is -0.120. The highest BCUT2D eigenvalue weighted by molar-refractivity contribution is 5.95. The third kappa shape index (κ3) is 3.99. The maximum atomic E-state index is 12.6. The number of hydrogen-bond acceptors (Lipinski definition) is 4. The fraction of sp³-hybridized carbons (Fsp3) is 0.381. The molecule has 0 spiro atoms. The van der Waals surface area contributed by atoms with Crippen LogP contribution in [0.1, 0.15) is 18.1 Å². The number of aryl methyl sites for hydroxylation is 2. The minimum Gasteiger partial charge on any atom is -0.506 e. The quantitative estimate of drug-likeness (QED) is 0.887. The molecule has 0 unspecified atom stereocenters. The Morgan fingerprint density at radius 3 is 2.42 bits per heavy atom. The highest BCUT2D eigenvalue weighted by Crippen LogP contribution is 2.27. The number of anilines is 2. The van der Waals surface area contributed by atoms with E-state index in [-0.39, 0.29) is 11.9 Å². The van der Waals surface area contributed by atoms with E-state index in [1.165, 1.54) is 5.56 Å². The van der Waals surface area contributed by atoms with Crippen LogP contribution in [0.2, 0.25) is 0 Å². The Kier molecular flexibility index (Phi) is 5.47. The number of piperazine rings is 1. The van der Waals surface area contributed by atoms with Gasteiger partial charge in [0.1, 0.15) is 5.75 Å². The Labute approximate surface area is 155 Å². The smallest absolute Gasteiger partial charge is 0.241 e. The first kappa shape index (κ1) is 18.3. The molecule has 2 aromatic carbocycles. The summed E-state index contributed by atoms with van der Waals surface area (Å²) in [6.07, 6.45) is 0. The molecule has 3 rings (SSSR count). The number of carbonyl (C=O) groups is 1. The molecule has 2 N–H and O–H groups in total. The second-order valence-corrected chi connectivity index (χ2v) is 7.00. The van der Waals surface area contributed by atoms with Crippen LogP contribution in [0.25, 0.3) is 0 Å². The van der Waals surface area contributed by atoms with Crippen molar-refractivity contribution in [1.82, 2.24) is 4.90 Å². The molecule has 0 aliphatic carbocycles. The molecule has 1 fully saturated rings. The lowest BCUT2D eigenvalue weighted by Crippen LogP contribution is -2.52. The van der Waals surface area contributed by atoms with Gasteiger partial charge in [-0.25, -0.2) is 0 Å². The van der Waals surface area contributed by atoms with Crippen LogP contribution in [0.5, 0.6) is 5.75 Å². The van der Waals surface area contributed by atoms with Crippen molar-refractivity contribution in [1.29, 1.82) is 0 Å². The predicted molar refractivity (Wildman–Crippen MR) is 106 cm³/mol. The van der Waals surface area contributed by atoms with E-state index in [2.05, 4.69) is 21.2 Å². The van der Waals surface area contributed by atoms with Gasteiger partial charge in [-0.15, -0.1) is 0 Å². The van der Waals surface area contributed by atoms with Crippen molar-refractivity contribution in [2.45, 2.75) is 26.8 Å². The number of benzene rings is 2. The van der Waals surface area contributed by atoms with Crippen LogP contribution in [-0.4, -0.2) is 48.1 Å². The summed E-state index contributed by atoms with van der Waals surface area (Å²) in [5, 5.41) is 13.1. The Bertz CT molecular complexity index is 783. The second-order valence-electron chi connectivity index (χ2n) is 7.00. The van der Waals surface area contributed by atoms with Crippen LogP contribution in [0.3, 0.4) is 0 Å². The minimum atomic E-state index is -0.192. The third-order valence-electron chi connectivity index (χ3n) is 5.10. The molecule has 0 aromatic heterocycles. The average molecular weight is 353 g/mol.